The van der Waals surface area contributed by atoms with Crippen molar-refractivity contribution in [1.82, 2.24) is 15.2 Å². The second-order valence-corrected chi connectivity index (χ2v) is 19.1. The zero-order valence-electron chi connectivity index (χ0n) is 54.3. The van der Waals surface area contributed by atoms with Crippen molar-refractivity contribution in [1.29, 1.82) is 0 Å². The summed E-state index contributed by atoms with van der Waals surface area (Å²) in [6, 6.07) is 10.4. The molecule has 0 saturated carbocycles. The van der Waals surface area contributed by atoms with Crippen molar-refractivity contribution >= 4 is 35.1 Å². The van der Waals surface area contributed by atoms with Crippen LogP contribution in [0.4, 0.5) is 5.82 Å². The number of imide groups is 1. The third-order valence-electron chi connectivity index (χ3n) is 11.5. The predicted octanol–water partition coefficient (Wildman–Crippen LogP) is 18.8. The van der Waals surface area contributed by atoms with Crippen LogP contribution in [0.1, 0.15) is 255 Å². The van der Waals surface area contributed by atoms with Crippen molar-refractivity contribution in [3.05, 3.63) is 131 Å². The Hall–Kier alpha value is -5.41. The molecule has 0 aliphatic carbocycles. The molecule has 0 radical (unpaired) electrons. The highest BCUT2D eigenvalue weighted by atomic mass is 16.5. The third-order valence-corrected chi connectivity index (χ3v) is 11.5. The van der Waals surface area contributed by atoms with E-state index < -0.39 is 11.9 Å². The van der Waals surface area contributed by atoms with Gasteiger partial charge in [0.2, 0.25) is 11.8 Å². The summed E-state index contributed by atoms with van der Waals surface area (Å²) in [6.45, 7) is 57.3. The number of unbranched alkanes of at least 4 members (excludes halogenated alkanes) is 5. The van der Waals surface area contributed by atoms with Gasteiger partial charge in [-0.05, 0) is 94.6 Å². The Morgan fingerprint density at radius 3 is 1.70 bits per heavy atom. The molecule has 1 unspecified atom stereocenters. The molecule has 79 heavy (non-hydrogen) atoms. The average Bonchev–Trinajstić information content (AvgIpc) is 3.94. The van der Waals surface area contributed by atoms with Gasteiger partial charge in [-0.1, -0.05) is 229 Å². The number of benzene rings is 1. The van der Waals surface area contributed by atoms with E-state index in [0.717, 1.165) is 84.8 Å². The van der Waals surface area contributed by atoms with Crippen molar-refractivity contribution in [2.45, 2.75) is 247 Å². The number of allylic oxidation sites excluding steroid dienone is 5. The van der Waals surface area contributed by atoms with Crippen LogP contribution in [0.3, 0.4) is 0 Å². The molecule has 1 atom stereocenters. The van der Waals surface area contributed by atoms with Crippen LogP contribution in [0, 0.1) is 12.8 Å². The first-order valence-electron chi connectivity index (χ1n) is 30.4. The zero-order chi connectivity index (χ0) is 61.7. The molecule has 3 aliphatic rings. The number of nitrogens with zero attached hydrogens (tertiary/aromatic N) is 3. The fourth-order valence-electron chi connectivity index (χ4n) is 6.80. The fraction of sp³-hybridized carbons (Fsp3) is 0.594. The van der Waals surface area contributed by atoms with Gasteiger partial charge in [0.05, 0.1) is 23.5 Å². The minimum Gasteiger partial charge on any atom is -0.381 e. The van der Waals surface area contributed by atoms with Crippen LogP contribution in [0.5, 0.6) is 0 Å². The molecule has 4 amide bonds. The van der Waals surface area contributed by atoms with Gasteiger partial charge in [0.15, 0.2) is 0 Å². The van der Waals surface area contributed by atoms with E-state index in [1.807, 2.05) is 96.2 Å². The molecular formula is C69H119N5O5. The normalized spacial score (nSPS) is 14.5. The number of carbonyl (C=O) groups excluding carboxylic acids is 4. The Kier molecular flexibility index (Phi) is 58.3. The number of nitrogens with two attached hydrogens (primary N) is 1. The molecule has 3 aliphatic heterocycles. The Labute approximate surface area is 486 Å². The van der Waals surface area contributed by atoms with Crippen LogP contribution in [-0.4, -0.2) is 59.3 Å². The lowest BCUT2D eigenvalue weighted by atomic mass is 10.0. The van der Waals surface area contributed by atoms with Crippen LogP contribution < -0.4 is 16.0 Å². The third kappa shape index (κ3) is 36.5. The minimum absolute atomic E-state index is 0.0209. The maximum atomic E-state index is 12.8. The molecule has 2 aromatic rings. The molecule has 10 nitrogen and oxygen atoms in total. The van der Waals surface area contributed by atoms with Crippen molar-refractivity contribution < 1.29 is 23.9 Å². The largest absolute Gasteiger partial charge is 0.381 e. The summed E-state index contributed by atoms with van der Waals surface area (Å²) in [5.41, 5.74) is 15.8. The first-order valence-corrected chi connectivity index (χ1v) is 30.4. The van der Waals surface area contributed by atoms with Gasteiger partial charge in [0, 0.05) is 37.3 Å². The fourth-order valence-corrected chi connectivity index (χ4v) is 6.80. The number of ether oxygens (including phenoxy) is 1. The Morgan fingerprint density at radius 2 is 1.32 bits per heavy atom. The van der Waals surface area contributed by atoms with Crippen LogP contribution in [0.25, 0.3) is 5.70 Å². The summed E-state index contributed by atoms with van der Waals surface area (Å²) in [5.74, 6) is 0.550. The molecule has 4 heterocycles. The maximum absolute atomic E-state index is 12.8. The van der Waals surface area contributed by atoms with Gasteiger partial charge in [-0.3, -0.25) is 34.3 Å². The van der Waals surface area contributed by atoms with Crippen LogP contribution >= 0.6 is 0 Å². The summed E-state index contributed by atoms with van der Waals surface area (Å²) in [5, 5.41) is 2.28. The summed E-state index contributed by atoms with van der Waals surface area (Å²) in [7, 11) is 0. The zero-order valence-corrected chi connectivity index (χ0v) is 54.3. The smallest absolute Gasteiger partial charge is 0.260 e. The van der Waals surface area contributed by atoms with E-state index in [-0.39, 0.29) is 24.1 Å². The molecular weight excluding hydrogens is 979 g/mol. The molecule has 2 saturated heterocycles. The topological polar surface area (TPSA) is 135 Å². The monoisotopic (exact) mass is 1100 g/mol. The van der Waals surface area contributed by atoms with Crippen LogP contribution in [0.2, 0.25) is 0 Å². The number of amides is 4. The molecule has 3 N–H and O–H groups in total. The van der Waals surface area contributed by atoms with E-state index >= 15 is 0 Å². The van der Waals surface area contributed by atoms with E-state index in [0.29, 0.717) is 36.6 Å². The number of aryl methyl sites for hydroxylation is 1. The number of fused-ring (bicyclic) bond motifs is 1. The lowest BCUT2D eigenvalue weighted by molar-refractivity contribution is -0.136. The van der Waals surface area contributed by atoms with E-state index in [1.165, 1.54) is 68.3 Å². The molecule has 2 fully saturated rings. The number of piperidine rings is 1. The molecule has 1 aromatic heterocycles. The van der Waals surface area contributed by atoms with Crippen LogP contribution in [0.15, 0.2) is 109 Å². The molecule has 5 rings (SSSR count). The van der Waals surface area contributed by atoms with E-state index in [4.69, 9.17) is 10.5 Å². The molecule has 0 bridgehead atoms. The number of anilines is 1. The highest BCUT2D eigenvalue weighted by Crippen LogP contribution is 2.37. The Balaban J connectivity index is -0.000000291. The summed E-state index contributed by atoms with van der Waals surface area (Å²) in [6.07, 6.45) is 23.6. The first-order chi connectivity index (χ1) is 37.9. The predicted molar refractivity (Wildman–Crippen MR) is 346 cm³/mol. The minimum atomic E-state index is -0.689. The number of nitrogens with one attached hydrogen (secondary N) is 1. The van der Waals surface area contributed by atoms with Gasteiger partial charge in [-0.15, -0.1) is 18.9 Å². The van der Waals surface area contributed by atoms with Crippen LogP contribution in [-0.2, 0) is 25.7 Å². The second-order valence-electron chi connectivity index (χ2n) is 19.1. The second kappa shape index (κ2) is 55.9. The number of hydrogen-bond donors (Lipinski definition) is 2. The number of aromatic nitrogens is 1. The quantitative estimate of drug-likeness (QED) is 0.0499. The van der Waals surface area contributed by atoms with E-state index in [9.17, 15) is 19.2 Å². The number of pyridine rings is 1. The van der Waals surface area contributed by atoms with Gasteiger partial charge in [-0.2, -0.15) is 0 Å². The molecule has 1 aromatic carbocycles. The lowest BCUT2D eigenvalue weighted by Gasteiger charge is -2.29. The van der Waals surface area contributed by atoms with E-state index in [1.54, 1.807) is 4.90 Å². The SMILES string of the molecule is C=C(C)/C=C1/C(=O)N(c2cccc(CN)n2)C/C1=C(/C)CC.C=C=C1c2cccc(C)c2C(=O)N1C1CCC(=O)NC1=O.C=CCCC.C=CCCC.CC.CC.CCCC.CCCC.CCCCC(C)C.CCCOCCC. The number of carbonyl (C=O) groups is 4. The van der Waals surface area contributed by atoms with Gasteiger partial charge < -0.3 is 10.5 Å². The van der Waals surface area contributed by atoms with Crippen molar-refractivity contribution in [2.24, 2.45) is 11.7 Å². The van der Waals surface area contributed by atoms with Gasteiger partial charge in [-0.25, -0.2) is 4.98 Å². The highest BCUT2D eigenvalue weighted by Gasteiger charge is 2.42. The number of hydrogen-bond acceptors (Lipinski definition) is 7. The summed E-state index contributed by atoms with van der Waals surface area (Å²) in [4.78, 5) is 56.4. The highest BCUT2D eigenvalue weighted by molar-refractivity contribution is 6.14. The van der Waals surface area contributed by atoms with Crippen molar-refractivity contribution in [3.63, 3.8) is 0 Å². The van der Waals surface area contributed by atoms with Gasteiger partial charge in [0.25, 0.3) is 11.8 Å². The molecule has 0 spiro atoms. The summed E-state index contributed by atoms with van der Waals surface area (Å²) < 4.78 is 5.13. The molecule has 10 heteroatoms. The lowest BCUT2D eigenvalue weighted by Crippen LogP contribution is -2.52. The number of rotatable bonds is 18. The average molecular weight is 1100 g/mol. The van der Waals surface area contributed by atoms with Crippen molar-refractivity contribution in [3.8, 4) is 0 Å². The maximum Gasteiger partial charge on any atom is 0.260 e. The van der Waals surface area contributed by atoms with Gasteiger partial charge >= 0.3 is 0 Å². The Morgan fingerprint density at radius 1 is 0.785 bits per heavy atom. The Bertz CT molecular complexity index is 2050. The van der Waals surface area contributed by atoms with Crippen molar-refractivity contribution in [2.75, 3.05) is 24.7 Å². The van der Waals surface area contributed by atoms with Gasteiger partial charge in [0.1, 0.15) is 11.9 Å². The summed E-state index contributed by atoms with van der Waals surface area (Å²) >= 11 is 0. The standard InChI is InChI=1S/C18H23N3O.C16H14N2O3.C7H16.C6H14O.2C5H10.2C4H10.2C2H6/c1-5-13(4)16-11-21(18(22)15(16)9-12(2)3)17-8-6-7-14(10-19)20-17;1-3-11-10-6-4-5-9(2)14(10)16(21)18(11)12-7-8-13(19)17-15(12)20;1-4-5-6-7(2)3;1-3-5-7-6-4-2;2*1-3-5-4-2;2*1-3-4-2;2*1-2/h6-9H,2,5,10-11,19H2,1,3-4H3;4-6,12H,1,7-8H2,2H3,(H,17,19,20);7H,4-6H2,1-3H3;3-6H2,1-2H3;2*3H,1,4-5H2,2H3;2*3-4H2,1-2H3;2*1-2H3/b15-9+,16-13+;;;;;;;;;. The van der Waals surface area contributed by atoms with E-state index in [2.05, 4.69) is 132 Å². The first kappa shape index (κ1) is 82.4. The molecule has 450 valence electrons.